The van der Waals surface area contributed by atoms with Gasteiger partial charge in [0.25, 0.3) is 5.91 Å². The Morgan fingerprint density at radius 3 is 2.40 bits per heavy atom. The van der Waals surface area contributed by atoms with Crippen LogP contribution in [0, 0.1) is 11.3 Å². The molecule has 0 unspecified atom stereocenters. The van der Waals surface area contributed by atoms with Crippen molar-refractivity contribution in [2.45, 2.75) is 6.61 Å². The number of amides is 1. The lowest BCUT2D eigenvalue weighted by molar-refractivity contribution is -0.112. The predicted octanol–water partition coefficient (Wildman–Crippen LogP) is 6.77. The molecule has 0 aliphatic carbocycles. The number of hydrogen-bond acceptors (Lipinski definition) is 3. The van der Waals surface area contributed by atoms with Crippen molar-refractivity contribution in [3.8, 4) is 11.8 Å². The van der Waals surface area contributed by atoms with Gasteiger partial charge in [-0.2, -0.15) is 5.26 Å². The Labute approximate surface area is 189 Å². The predicted molar refractivity (Wildman–Crippen MR) is 121 cm³/mol. The van der Waals surface area contributed by atoms with Crippen LogP contribution in [0.3, 0.4) is 0 Å². The number of hydrogen-bond donors (Lipinski definition) is 1. The Balaban J connectivity index is 1.83. The lowest BCUT2D eigenvalue weighted by Gasteiger charge is -2.11. The average Bonchev–Trinajstić information content (AvgIpc) is 2.74. The van der Waals surface area contributed by atoms with Crippen LogP contribution in [0.1, 0.15) is 11.1 Å². The van der Waals surface area contributed by atoms with Crippen molar-refractivity contribution < 1.29 is 9.53 Å². The number of benzene rings is 3. The minimum atomic E-state index is -0.589. The molecule has 3 aromatic carbocycles. The van der Waals surface area contributed by atoms with E-state index in [1.54, 1.807) is 54.6 Å². The van der Waals surface area contributed by atoms with Crippen molar-refractivity contribution in [1.82, 2.24) is 0 Å². The summed E-state index contributed by atoms with van der Waals surface area (Å²) in [5.41, 5.74) is 1.72. The van der Waals surface area contributed by atoms with Gasteiger partial charge >= 0.3 is 0 Å². The molecule has 0 radical (unpaired) electrons. The minimum Gasteiger partial charge on any atom is -0.488 e. The fourth-order valence-electron chi connectivity index (χ4n) is 2.56. The van der Waals surface area contributed by atoms with Crippen molar-refractivity contribution in [2.75, 3.05) is 5.32 Å². The molecule has 0 aliphatic heterocycles. The summed E-state index contributed by atoms with van der Waals surface area (Å²) in [6.07, 6.45) is 1.43. The standard InChI is InChI=1S/C23H15Cl3N2O2/c24-18-7-5-15(6-8-18)14-30-22-10-9-19(25)12-16(22)11-17(13-27)23(29)28-21-4-2-1-3-20(21)26/h1-12H,14H2,(H,28,29)/b17-11+. The van der Waals surface area contributed by atoms with Gasteiger partial charge in [0.15, 0.2) is 0 Å². The van der Waals surface area contributed by atoms with E-state index < -0.39 is 5.91 Å². The van der Waals surface area contributed by atoms with Gasteiger partial charge < -0.3 is 10.1 Å². The minimum absolute atomic E-state index is 0.117. The maximum Gasteiger partial charge on any atom is 0.266 e. The van der Waals surface area contributed by atoms with Gasteiger partial charge in [0, 0.05) is 15.6 Å². The lowest BCUT2D eigenvalue weighted by Crippen LogP contribution is -2.13. The molecule has 1 amide bonds. The number of nitrogens with zero attached hydrogens (tertiary/aromatic N) is 1. The first-order valence-electron chi connectivity index (χ1n) is 8.81. The molecule has 4 nitrogen and oxygen atoms in total. The second-order valence-corrected chi connectivity index (χ2v) is 7.48. The molecule has 0 bridgehead atoms. The third kappa shape index (κ3) is 5.77. The smallest absolute Gasteiger partial charge is 0.266 e. The van der Waals surface area contributed by atoms with Crippen LogP contribution in [0.5, 0.6) is 5.75 Å². The second-order valence-electron chi connectivity index (χ2n) is 6.20. The topological polar surface area (TPSA) is 62.1 Å². The normalized spacial score (nSPS) is 10.9. The molecule has 0 saturated heterocycles. The first-order valence-corrected chi connectivity index (χ1v) is 9.94. The highest BCUT2D eigenvalue weighted by Gasteiger charge is 2.13. The zero-order valence-electron chi connectivity index (χ0n) is 15.5. The number of halogens is 3. The van der Waals surface area contributed by atoms with Gasteiger partial charge in [0.2, 0.25) is 0 Å². The summed E-state index contributed by atoms with van der Waals surface area (Å²) in [4.78, 5) is 12.6. The molecule has 0 saturated carbocycles. The molecule has 0 aromatic heterocycles. The molecule has 150 valence electrons. The van der Waals surface area contributed by atoms with E-state index in [-0.39, 0.29) is 12.2 Å². The number of nitrogens with one attached hydrogen (secondary N) is 1. The maximum absolute atomic E-state index is 12.6. The van der Waals surface area contributed by atoms with Crippen LogP contribution < -0.4 is 10.1 Å². The SMILES string of the molecule is N#C/C(=C\c1cc(Cl)ccc1OCc1ccc(Cl)cc1)C(=O)Nc1ccccc1Cl. The molecule has 30 heavy (non-hydrogen) atoms. The molecule has 0 heterocycles. The first-order chi connectivity index (χ1) is 14.5. The summed E-state index contributed by atoms with van der Waals surface area (Å²) in [6, 6.07) is 20.9. The Morgan fingerprint density at radius 1 is 1.00 bits per heavy atom. The Kier molecular flexibility index (Phi) is 7.37. The Bertz CT molecular complexity index is 1140. The fourth-order valence-corrected chi connectivity index (χ4v) is 3.05. The van der Waals surface area contributed by atoms with Gasteiger partial charge in [-0.15, -0.1) is 0 Å². The van der Waals surface area contributed by atoms with Crippen LogP contribution in [0.4, 0.5) is 5.69 Å². The number of ether oxygens (including phenoxy) is 1. The molecule has 0 fully saturated rings. The van der Waals surface area contributed by atoms with Crippen LogP contribution in [0.25, 0.3) is 6.08 Å². The summed E-state index contributed by atoms with van der Waals surface area (Å²) in [5, 5.41) is 13.6. The highest BCUT2D eigenvalue weighted by atomic mass is 35.5. The Morgan fingerprint density at radius 2 is 1.70 bits per heavy atom. The molecule has 1 N–H and O–H groups in total. The van der Waals surface area contributed by atoms with Gasteiger partial charge in [-0.05, 0) is 54.1 Å². The monoisotopic (exact) mass is 456 g/mol. The maximum atomic E-state index is 12.6. The third-order valence-corrected chi connectivity index (χ3v) is 4.88. The van der Waals surface area contributed by atoms with Crippen molar-refractivity contribution in [3.63, 3.8) is 0 Å². The molecule has 0 aliphatic rings. The van der Waals surface area contributed by atoms with Crippen LogP contribution in [-0.2, 0) is 11.4 Å². The van der Waals surface area contributed by atoms with E-state index in [4.69, 9.17) is 39.5 Å². The van der Waals surface area contributed by atoms with E-state index in [1.165, 1.54) is 6.08 Å². The van der Waals surface area contributed by atoms with E-state index >= 15 is 0 Å². The molecule has 3 rings (SSSR count). The van der Waals surface area contributed by atoms with E-state index in [0.717, 1.165) is 5.56 Å². The summed E-state index contributed by atoms with van der Waals surface area (Å²) in [7, 11) is 0. The molecule has 3 aromatic rings. The van der Waals surface area contributed by atoms with E-state index in [1.807, 2.05) is 18.2 Å². The van der Waals surface area contributed by atoms with E-state index in [0.29, 0.717) is 32.1 Å². The van der Waals surface area contributed by atoms with Gasteiger partial charge in [-0.1, -0.05) is 59.1 Å². The van der Waals surface area contributed by atoms with E-state index in [2.05, 4.69) is 5.32 Å². The van der Waals surface area contributed by atoms with E-state index in [9.17, 15) is 10.1 Å². The summed E-state index contributed by atoms with van der Waals surface area (Å²) in [5.74, 6) is -0.109. The summed E-state index contributed by atoms with van der Waals surface area (Å²) >= 11 is 18.1. The van der Waals surface area contributed by atoms with Gasteiger partial charge in [-0.3, -0.25) is 4.79 Å². The number of carbonyl (C=O) groups excluding carboxylic acids is 1. The third-order valence-electron chi connectivity index (χ3n) is 4.07. The number of nitriles is 1. The van der Waals surface area contributed by atoms with Crippen molar-refractivity contribution in [1.29, 1.82) is 5.26 Å². The molecular formula is C23H15Cl3N2O2. The van der Waals surface area contributed by atoms with Crippen molar-refractivity contribution in [2.24, 2.45) is 0 Å². The zero-order chi connectivity index (χ0) is 21.5. The van der Waals surface area contributed by atoms with Crippen molar-refractivity contribution >= 4 is 52.5 Å². The zero-order valence-corrected chi connectivity index (χ0v) is 17.8. The number of carbonyl (C=O) groups is 1. The lowest BCUT2D eigenvalue weighted by atomic mass is 10.1. The van der Waals surface area contributed by atoms with Crippen LogP contribution in [0.15, 0.2) is 72.3 Å². The van der Waals surface area contributed by atoms with Crippen LogP contribution in [0.2, 0.25) is 15.1 Å². The molecule has 7 heteroatoms. The van der Waals surface area contributed by atoms with Crippen LogP contribution in [-0.4, -0.2) is 5.91 Å². The summed E-state index contributed by atoms with van der Waals surface area (Å²) < 4.78 is 5.87. The Hall–Kier alpha value is -2.97. The highest BCUT2D eigenvalue weighted by molar-refractivity contribution is 6.34. The van der Waals surface area contributed by atoms with Gasteiger partial charge in [0.1, 0.15) is 24.0 Å². The van der Waals surface area contributed by atoms with Gasteiger partial charge in [0.05, 0.1) is 10.7 Å². The summed E-state index contributed by atoms with van der Waals surface area (Å²) in [6.45, 7) is 0.285. The molecule has 0 spiro atoms. The first kappa shape index (κ1) is 21.7. The quantitative estimate of drug-likeness (QED) is 0.328. The number of para-hydroxylation sites is 1. The number of anilines is 1. The number of rotatable bonds is 6. The molecular weight excluding hydrogens is 443 g/mol. The van der Waals surface area contributed by atoms with Crippen LogP contribution >= 0.6 is 34.8 Å². The molecule has 0 atom stereocenters. The highest BCUT2D eigenvalue weighted by Crippen LogP contribution is 2.27. The average molecular weight is 458 g/mol. The van der Waals surface area contributed by atoms with Gasteiger partial charge in [-0.25, -0.2) is 0 Å². The second kappa shape index (κ2) is 10.2. The van der Waals surface area contributed by atoms with Crippen molar-refractivity contribution in [3.05, 3.63) is 98.5 Å². The fraction of sp³-hybridized carbons (Fsp3) is 0.0435. The largest absolute Gasteiger partial charge is 0.488 e.